The summed E-state index contributed by atoms with van der Waals surface area (Å²) >= 11 is 0. The number of nitrogens with zero attached hydrogens (tertiary/aromatic N) is 3. The zero-order valence-electron chi connectivity index (χ0n) is 17.4. The van der Waals surface area contributed by atoms with Crippen molar-refractivity contribution in [3.63, 3.8) is 0 Å². The second kappa shape index (κ2) is 9.20. The highest BCUT2D eigenvalue weighted by Crippen LogP contribution is 2.31. The zero-order valence-corrected chi connectivity index (χ0v) is 18.2. The highest BCUT2D eigenvalue weighted by atomic mass is 32.2. The van der Waals surface area contributed by atoms with Gasteiger partial charge in [-0.05, 0) is 37.1 Å². The van der Waals surface area contributed by atoms with Gasteiger partial charge in [-0.15, -0.1) is 0 Å². The number of hydrogen-bond donors (Lipinski definition) is 2. The standard InChI is InChI=1S/C19H26N4O7S/c1-3-4-9-30-14-5-7-15(8-6-14)31(28,29)22-11-13(10-16(22)18(25)20-27)23-17(24)12-21(2)19(23)26/h5-8,13,16,27H,3-4,9-12H2,1-2H3,(H,20,25)/t13-,16+/m0/s1. The van der Waals surface area contributed by atoms with Crippen LogP contribution in [-0.4, -0.2) is 84.4 Å². The van der Waals surface area contributed by atoms with Gasteiger partial charge < -0.3 is 9.64 Å². The Labute approximate surface area is 180 Å². The molecule has 2 aliphatic rings. The molecule has 11 nitrogen and oxygen atoms in total. The number of ether oxygens (including phenoxy) is 1. The van der Waals surface area contributed by atoms with E-state index in [2.05, 4.69) is 0 Å². The molecular formula is C19H26N4O7S. The van der Waals surface area contributed by atoms with Gasteiger partial charge in [-0.25, -0.2) is 18.7 Å². The lowest BCUT2D eigenvalue weighted by Crippen LogP contribution is -2.45. The Hall–Kier alpha value is -2.70. The van der Waals surface area contributed by atoms with Gasteiger partial charge in [0.15, 0.2) is 0 Å². The Bertz CT molecular complexity index is 951. The van der Waals surface area contributed by atoms with Crippen molar-refractivity contribution in [3.05, 3.63) is 24.3 Å². The first-order valence-electron chi connectivity index (χ1n) is 9.96. The van der Waals surface area contributed by atoms with Crippen LogP contribution in [0, 0.1) is 0 Å². The molecule has 31 heavy (non-hydrogen) atoms. The summed E-state index contributed by atoms with van der Waals surface area (Å²) in [7, 11) is -2.69. The molecule has 2 N–H and O–H groups in total. The lowest BCUT2D eigenvalue weighted by Gasteiger charge is -2.23. The molecule has 4 amide bonds. The minimum atomic E-state index is -4.15. The summed E-state index contributed by atoms with van der Waals surface area (Å²) in [5.74, 6) is -0.876. The number of benzene rings is 1. The molecular weight excluding hydrogens is 428 g/mol. The van der Waals surface area contributed by atoms with Crippen LogP contribution in [0.1, 0.15) is 26.2 Å². The van der Waals surface area contributed by atoms with E-state index in [-0.39, 0.29) is 24.4 Å². The molecule has 0 aliphatic carbocycles. The third kappa shape index (κ3) is 4.50. The van der Waals surface area contributed by atoms with Gasteiger partial charge in [0.2, 0.25) is 10.0 Å². The van der Waals surface area contributed by atoms with Gasteiger partial charge in [0, 0.05) is 13.6 Å². The lowest BCUT2D eigenvalue weighted by atomic mass is 10.1. The van der Waals surface area contributed by atoms with Crippen LogP contribution in [0.25, 0.3) is 0 Å². The summed E-state index contributed by atoms with van der Waals surface area (Å²) in [5.41, 5.74) is 1.48. The Kier molecular flexibility index (Phi) is 6.82. The van der Waals surface area contributed by atoms with Crippen LogP contribution in [0.3, 0.4) is 0 Å². The van der Waals surface area contributed by atoms with E-state index >= 15 is 0 Å². The van der Waals surface area contributed by atoms with E-state index < -0.39 is 40.0 Å². The topological polar surface area (TPSA) is 137 Å². The number of hydrogen-bond acceptors (Lipinski definition) is 7. The highest BCUT2D eigenvalue weighted by molar-refractivity contribution is 7.89. The van der Waals surface area contributed by atoms with Crippen LogP contribution in [0.5, 0.6) is 5.75 Å². The van der Waals surface area contributed by atoms with Gasteiger partial charge in [0.1, 0.15) is 18.3 Å². The molecule has 2 aliphatic heterocycles. The largest absolute Gasteiger partial charge is 0.494 e. The number of rotatable bonds is 8. The molecule has 170 valence electrons. The molecule has 1 aromatic carbocycles. The fourth-order valence-electron chi connectivity index (χ4n) is 3.72. The van der Waals surface area contributed by atoms with Crippen LogP contribution < -0.4 is 10.2 Å². The number of carbonyl (C=O) groups excluding carboxylic acids is 3. The fourth-order valence-corrected chi connectivity index (χ4v) is 5.36. The first-order valence-corrected chi connectivity index (χ1v) is 11.4. The molecule has 1 aromatic rings. The quantitative estimate of drug-likeness (QED) is 0.251. The predicted molar refractivity (Wildman–Crippen MR) is 108 cm³/mol. The second-order valence-electron chi connectivity index (χ2n) is 7.53. The monoisotopic (exact) mass is 454 g/mol. The number of unbranched alkanes of at least 4 members (excludes halogenated alkanes) is 1. The average molecular weight is 455 g/mol. The molecule has 0 saturated carbocycles. The van der Waals surface area contributed by atoms with Crippen LogP contribution in [-0.2, 0) is 19.6 Å². The maximum atomic E-state index is 13.2. The van der Waals surface area contributed by atoms with E-state index in [1.165, 1.54) is 41.7 Å². The molecule has 3 rings (SSSR count). The molecule has 12 heteroatoms. The van der Waals surface area contributed by atoms with Crippen LogP contribution >= 0.6 is 0 Å². The van der Waals surface area contributed by atoms with Crippen molar-refractivity contribution < 1.29 is 32.7 Å². The van der Waals surface area contributed by atoms with Crippen LogP contribution in [0.4, 0.5) is 4.79 Å². The van der Waals surface area contributed by atoms with Crippen molar-refractivity contribution in [3.8, 4) is 5.75 Å². The van der Waals surface area contributed by atoms with Gasteiger partial charge in [0.25, 0.3) is 11.8 Å². The number of likely N-dealkylation sites (N-methyl/N-ethyl adjacent to an activating group) is 1. The van der Waals surface area contributed by atoms with E-state index in [0.29, 0.717) is 12.4 Å². The Morgan fingerprint density at radius 3 is 2.48 bits per heavy atom. The Morgan fingerprint density at radius 2 is 1.94 bits per heavy atom. The molecule has 2 atom stereocenters. The summed E-state index contributed by atoms with van der Waals surface area (Å²) in [6.07, 6.45) is 1.72. The zero-order chi connectivity index (χ0) is 22.8. The van der Waals surface area contributed by atoms with E-state index in [4.69, 9.17) is 9.94 Å². The van der Waals surface area contributed by atoms with Gasteiger partial charge in [0.05, 0.1) is 17.5 Å². The van der Waals surface area contributed by atoms with Gasteiger partial charge in [-0.3, -0.25) is 19.7 Å². The maximum absolute atomic E-state index is 13.2. The third-order valence-electron chi connectivity index (χ3n) is 5.38. The number of imide groups is 1. The Balaban J connectivity index is 1.84. The molecule has 2 fully saturated rings. The Morgan fingerprint density at radius 1 is 1.26 bits per heavy atom. The van der Waals surface area contributed by atoms with Crippen LogP contribution in [0.15, 0.2) is 29.2 Å². The van der Waals surface area contributed by atoms with Crippen molar-refractivity contribution in [1.29, 1.82) is 0 Å². The predicted octanol–water partition coefficient (Wildman–Crippen LogP) is 0.397. The summed E-state index contributed by atoms with van der Waals surface area (Å²) in [6, 6.07) is 3.16. The number of hydroxylamine groups is 1. The van der Waals surface area contributed by atoms with E-state index in [9.17, 15) is 22.8 Å². The van der Waals surface area contributed by atoms with Crippen molar-refractivity contribution in [2.45, 2.75) is 43.2 Å². The van der Waals surface area contributed by atoms with Crippen molar-refractivity contribution in [2.75, 3.05) is 26.7 Å². The summed E-state index contributed by atoms with van der Waals surface area (Å²) in [6.45, 7) is 2.18. The van der Waals surface area contributed by atoms with Gasteiger partial charge in [-0.1, -0.05) is 13.3 Å². The van der Waals surface area contributed by atoms with Gasteiger partial charge >= 0.3 is 6.03 Å². The summed E-state index contributed by atoms with van der Waals surface area (Å²) < 4.78 is 33.0. The molecule has 0 radical (unpaired) electrons. The first-order chi connectivity index (χ1) is 14.7. The molecule has 2 saturated heterocycles. The number of amides is 4. The van der Waals surface area contributed by atoms with Crippen molar-refractivity contribution >= 4 is 27.9 Å². The van der Waals surface area contributed by atoms with Crippen molar-refractivity contribution in [1.82, 2.24) is 19.6 Å². The van der Waals surface area contributed by atoms with Crippen molar-refractivity contribution in [2.24, 2.45) is 0 Å². The summed E-state index contributed by atoms with van der Waals surface area (Å²) in [4.78, 5) is 38.9. The molecule has 0 bridgehead atoms. The van der Waals surface area contributed by atoms with Crippen LogP contribution in [0.2, 0.25) is 0 Å². The first kappa shape index (κ1) is 23.0. The number of urea groups is 1. The fraction of sp³-hybridized carbons (Fsp3) is 0.526. The minimum absolute atomic E-state index is 0.0667. The normalized spacial score (nSPS) is 22.3. The smallest absolute Gasteiger partial charge is 0.327 e. The van der Waals surface area contributed by atoms with Gasteiger partial charge in [-0.2, -0.15) is 4.31 Å². The summed E-state index contributed by atoms with van der Waals surface area (Å²) in [5, 5.41) is 9.09. The second-order valence-corrected chi connectivity index (χ2v) is 9.42. The minimum Gasteiger partial charge on any atom is -0.494 e. The number of sulfonamides is 1. The highest BCUT2D eigenvalue weighted by Gasteiger charge is 2.50. The maximum Gasteiger partial charge on any atom is 0.327 e. The SMILES string of the molecule is CCCCOc1ccc(S(=O)(=O)N2C[C@@H](N3C(=O)CN(C)C3=O)C[C@@H]2C(=O)NO)cc1. The lowest BCUT2D eigenvalue weighted by molar-refractivity contribution is -0.132. The molecule has 0 unspecified atom stereocenters. The van der Waals surface area contributed by atoms with E-state index in [1.807, 2.05) is 6.92 Å². The van der Waals surface area contributed by atoms with E-state index in [1.54, 1.807) is 0 Å². The van der Waals surface area contributed by atoms with E-state index in [0.717, 1.165) is 22.0 Å². The third-order valence-corrected chi connectivity index (χ3v) is 7.27. The number of carbonyl (C=O) groups is 3. The molecule has 0 spiro atoms. The molecule has 0 aromatic heterocycles. The number of nitrogens with one attached hydrogen (secondary N) is 1. The molecule has 2 heterocycles. The average Bonchev–Trinajstić information content (AvgIpc) is 3.29.